The highest BCUT2D eigenvalue weighted by Crippen LogP contribution is 2.26. The van der Waals surface area contributed by atoms with Crippen LogP contribution in [0.15, 0.2) is 47.0 Å². The number of benzene rings is 2. The molecule has 1 aliphatic rings. The van der Waals surface area contributed by atoms with Gasteiger partial charge in [-0.2, -0.15) is 4.98 Å². The average Bonchev–Trinajstić information content (AvgIpc) is 3.19. The SMILES string of the molecule is c1ccc2c(-c3noc(CC4CCCN4)n3)cccc2c1. The van der Waals surface area contributed by atoms with Crippen molar-refractivity contribution in [2.45, 2.75) is 25.3 Å². The van der Waals surface area contributed by atoms with Crippen LogP contribution in [0.2, 0.25) is 0 Å². The second-order valence-corrected chi connectivity index (χ2v) is 5.54. The van der Waals surface area contributed by atoms with E-state index in [1.165, 1.54) is 18.2 Å². The third kappa shape index (κ3) is 2.43. The zero-order chi connectivity index (χ0) is 14.1. The molecule has 2 heterocycles. The number of rotatable bonds is 3. The van der Waals surface area contributed by atoms with Gasteiger partial charge in [0, 0.05) is 18.0 Å². The van der Waals surface area contributed by atoms with Gasteiger partial charge in [-0.3, -0.25) is 0 Å². The first kappa shape index (κ1) is 12.5. The van der Waals surface area contributed by atoms with Crippen molar-refractivity contribution in [3.8, 4) is 11.4 Å². The Morgan fingerprint density at radius 3 is 2.95 bits per heavy atom. The van der Waals surface area contributed by atoms with Gasteiger partial charge in [-0.25, -0.2) is 0 Å². The van der Waals surface area contributed by atoms with Gasteiger partial charge in [-0.1, -0.05) is 47.6 Å². The molecule has 0 saturated carbocycles. The summed E-state index contributed by atoms with van der Waals surface area (Å²) in [5, 5.41) is 9.97. The van der Waals surface area contributed by atoms with Crippen molar-refractivity contribution in [2.75, 3.05) is 6.54 Å². The molecule has 0 radical (unpaired) electrons. The first-order valence-electron chi connectivity index (χ1n) is 7.44. The molecule has 1 fully saturated rings. The highest BCUT2D eigenvalue weighted by atomic mass is 16.5. The lowest BCUT2D eigenvalue weighted by molar-refractivity contribution is 0.364. The van der Waals surface area contributed by atoms with Gasteiger partial charge in [0.1, 0.15) is 0 Å². The topological polar surface area (TPSA) is 51.0 Å². The highest BCUT2D eigenvalue weighted by Gasteiger charge is 2.18. The molecule has 0 spiro atoms. The third-order valence-electron chi connectivity index (χ3n) is 4.08. The van der Waals surface area contributed by atoms with E-state index in [1.54, 1.807) is 0 Å². The molecule has 106 valence electrons. The van der Waals surface area contributed by atoms with Crippen molar-refractivity contribution in [2.24, 2.45) is 0 Å². The maximum absolute atomic E-state index is 5.43. The zero-order valence-corrected chi connectivity index (χ0v) is 11.7. The molecule has 21 heavy (non-hydrogen) atoms. The lowest BCUT2D eigenvalue weighted by atomic mass is 10.0. The Morgan fingerprint density at radius 1 is 1.14 bits per heavy atom. The van der Waals surface area contributed by atoms with Gasteiger partial charge in [0.15, 0.2) is 0 Å². The molecule has 4 nitrogen and oxygen atoms in total. The van der Waals surface area contributed by atoms with Crippen LogP contribution in [0, 0.1) is 0 Å². The van der Waals surface area contributed by atoms with Crippen molar-refractivity contribution in [3.05, 3.63) is 48.4 Å². The summed E-state index contributed by atoms with van der Waals surface area (Å²) in [6, 6.07) is 14.9. The number of hydrogen-bond donors (Lipinski definition) is 1. The van der Waals surface area contributed by atoms with Gasteiger partial charge in [0.25, 0.3) is 0 Å². The fourth-order valence-corrected chi connectivity index (χ4v) is 3.01. The minimum Gasteiger partial charge on any atom is -0.339 e. The van der Waals surface area contributed by atoms with E-state index in [0.717, 1.165) is 29.8 Å². The third-order valence-corrected chi connectivity index (χ3v) is 4.08. The fraction of sp³-hybridized carbons (Fsp3) is 0.294. The second-order valence-electron chi connectivity index (χ2n) is 5.54. The molecule has 0 bridgehead atoms. The summed E-state index contributed by atoms with van der Waals surface area (Å²) in [5.74, 6) is 1.40. The Bertz CT molecular complexity index is 754. The minimum atomic E-state index is 0.478. The lowest BCUT2D eigenvalue weighted by Gasteiger charge is -2.04. The largest absolute Gasteiger partial charge is 0.339 e. The summed E-state index contributed by atoms with van der Waals surface area (Å²) in [5.41, 5.74) is 1.03. The van der Waals surface area contributed by atoms with E-state index in [0.29, 0.717) is 11.9 Å². The van der Waals surface area contributed by atoms with Gasteiger partial charge >= 0.3 is 0 Å². The maximum Gasteiger partial charge on any atom is 0.228 e. The van der Waals surface area contributed by atoms with E-state index in [-0.39, 0.29) is 0 Å². The van der Waals surface area contributed by atoms with Crippen LogP contribution in [-0.2, 0) is 6.42 Å². The van der Waals surface area contributed by atoms with Gasteiger partial charge in [-0.15, -0.1) is 0 Å². The molecule has 1 N–H and O–H groups in total. The Kier molecular flexibility index (Phi) is 3.16. The Morgan fingerprint density at radius 2 is 2.05 bits per heavy atom. The summed E-state index contributed by atoms with van der Waals surface area (Å²) in [6.45, 7) is 1.09. The molecule has 0 amide bonds. The maximum atomic E-state index is 5.43. The quantitative estimate of drug-likeness (QED) is 0.800. The molecule has 1 atom stereocenters. The number of nitrogens with zero attached hydrogens (tertiary/aromatic N) is 2. The highest BCUT2D eigenvalue weighted by molar-refractivity contribution is 5.94. The van der Waals surface area contributed by atoms with Crippen molar-refractivity contribution in [1.82, 2.24) is 15.5 Å². The van der Waals surface area contributed by atoms with E-state index >= 15 is 0 Å². The van der Waals surface area contributed by atoms with E-state index < -0.39 is 0 Å². The predicted octanol–water partition coefficient (Wildman–Crippen LogP) is 3.18. The van der Waals surface area contributed by atoms with Gasteiger partial charge in [-0.05, 0) is 30.2 Å². The Labute approximate surface area is 123 Å². The fourth-order valence-electron chi connectivity index (χ4n) is 3.01. The van der Waals surface area contributed by atoms with Gasteiger partial charge in [0.2, 0.25) is 11.7 Å². The van der Waals surface area contributed by atoms with Gasteiger partial charge < -0.3 is 9.84 Å². The number of fused-ring (bicyclic) bond motifs is 1. The van der Waals surface area contributed by atoms with Crippen LogP contribution in [-0.4, -0.2) is 22.7 Å². The van der Waals surface area contributed by atoms with Crippen molar-refractivity contribution in [1.29, 1.82) is 0 Å². The lowest BCUT2D eigenvalue weighted by Crippen LogP contribution is -2.23. The first-order valence-corrected chi connectivity index (χ1v) is 7.44. The van der Waals surface area contributed by atoms with Crippen LogP contribution in [0.5, 0.6) is 0 Å². The molecule has 0 aliphatic carbocycles. The van der Waals surface area contributed by atoms with Crippen LogP contribution in [0.3, 0.4) is 0 Å². The van der Waals surface area contributed by atoms with E-state index in [4.69, 9.17) is 4.52 Å². The molecular weight excluding hydrogens is 262 g/mol. The molecule has 4 heteroatoms. The normalized spacial score (nSPS) is 18.4. The smallest absolute Gasteiger partial charge is 0.228 e. The van der Waals surface area contributed by atoms with Crippen LogP contribution in [0.1, 0.15) is 18.7 Å². The van der Waals surface area contributed by atoms with Crippen molar-refractivity contribution < 1.29 is 4.52 Å². The molecule has 3 aromatic rings. The monoisotopic (exact) mass is 279 g/mol. The van der Waals surface area contributed by atoms with Crippen LogP contribution < -0.4 is 5.32 Å². The van der Waals surface area contributed by atoms with E-state index in [2.05, 4.69) is 33.7 Å². The standard InChI is InChI=1S/C17H17N3O/c1-2-8-14-12(5-1)6-3-9-15(14)17-19-16(21-20-17)11-13-7-4-10-18-13/h1-3,5-6,8-9,13,18H,4,7,10-11H2. The predicted molar refractivity (Wildman–Crippen MR) is 82.0 cm³/mol. The molecule has 2 aromatic carbocycles. The zero-order valence-electron chi connectivity index (χ0n) is 11.7. The summed E-state index contributed by atoms with van der Waals surface area (Å²) < 4.78 is 5.43. The molecule has 1 aliphatic heterocycles. The van der Waals surface area contributed by atoms with Crippen LogP contribution in [0.25, 0.3) is 22.2 Å². The summed E-state index contributed by atoms with van der Waals surface area (Å²) in [4.78, 5) is 4.58. The minimum absolute atomic E-state index is 0.478. The molecular formula is C17H17N3O. The van der Waals surface area contributed by atoms with Crippen LogP contribution >= 0.6 is 0 Å². The Hall–Kier alpha value is -2.20. The molecule has 1 aromatic heterocycles. The second kappa shape index (κ2) is 5.30. The molecule has 4 rings (SSSR count). The number of aromatic nitrogens is 2. The van der Waals surface area contributed by atoms with E-state index in [1.807, 2.05) is 24.3 Å². The van der Waals surface area contributed by atoms with Crippen LogP contribution in [0.4, 0.5) is 0 Å². The summed E-state index contributed by atoms with van der Waals surface area (Å²) >= 11 is 0. The van der Waals surface area contributed by atoms with Crippen molar-refractivity contribution >= 4 is 10.8 Å². The number of nitrogens with one attached hydrogen (secondary N) is 1. The summed E-state index contributed by atoms with van der Waals surface area (Å²) in [7, 11) is 0. The Balaban J connectivity index is 1.67. The summed E-state index contributed by atoms with van der Waals surface area (Å²) in [6.07, 6.45) is 3.23. The van der Waals surface area contributed by atoms with E-state index in [9.17, 15) is 0 Å². The molecule has 1 saturated heterocycles. The van der Waals surface area contributed by atoms with Gasteiger partial charge in [0.05, 0.1) is 0 Å². The average molecular weight is 279 g/mol. The first-order chi connectivity index (χ1) is 10.4. The van der Waals surface area contributed by atoms with Crippen molar-refractivity contribution in [3.63, 3.8) is 0 Å². The number of hydrogen-bond acceptors (Lipinski definition) is 4. The molecule has 1 unspecified atom stereocenters.